The highest BCUT2D eigenvalue weighted by Crippen LogP contribution is 2.07. The SMILES string of the molecule is NC(=O)c1ccc(Cc2c[nH]c(=O)cn2)cc1. The fraction of sp³-hybridized carbons (Fsp3) is 0.0833. The molecule has 2 aromatic rings. The molecule has 17 heavy (non-hydrogen) atoms. The van der Waals surface area contributed by atoms with Gasteiger partial charge in [-0.3, -0.25) is 14.6 Å². The summed E-state index contributed by atoms with van der Waals surface area (Å²) in [4.78, 5) is 28.3. The van der Waals surface area contributed by atoms with Gasteiger partial charge in [0.2, 0.25) is 5.91 Å². The molecule has 0 atom stereocenters. The molecule has 5 heteroatoms. The van der Waals surface area contributed by atoms with E-state index in [2.05, 4.69) is 9.97 Å². The van der Waals surface area contributed by atoms with Crippen molar-refractivity contribution in [2.24, 2.45) is 5.73 Å². The third-order valence-corrected chi connectivity index (χ3v) is 2.35. The Kier molecular flexibility index (Phi) is 3.00. The molecule has 0 unspecified atom stereocenters. The molecule has 0 aliphatic heterocycles. The van der Waals surface area contributed by atoms with Gasteiger partial charge in [0.25, 0.3) is 5.56 Å². The summed E-state index contributed by atoms with van der Waals surface area (Å²) in [7, 11) is 0. The number of hydrogen-bond donors (Lipinski definition) is 2. The Labute approximate surface area is 97.3 Å². The lowest BCUT2D eigenvalue weighted by molar-refractivity contribution is 0.100. The minimum Gasteiger partial charge on any atom is -0.366 e. The minimum absolute atomic E-state index is 0.224. The fourth-order valence-electron chi connectivity index (χ4n) is 1.46. The maximum Gasteiger partial charge on any atom is 0.266 e. The van der Waals surface area contributed by atoms with Crippen LogP contribution in [0.2, 0.25) is 0 Å². The van der Waals surface area contributed by atoms with Crippen molar-refractivity contribution in [3.05, 3.63) is 63.8 Å². The van der Waals surface area contributed by atoms with Crippen molar-refractivity contribution in [2.75, 3.05) is 0 Å². The fourth-order valence-corrected chi connectivity index (χ4v) is 1.46. The predicted octanol–water partition coefficient (Wildman–Crippen LogP) is 0.460. The van der Waals surface area contributed by atoms with Crippen LogP contribution in [0.5, 0.6) is 0 Å². The van der Waals surface area contributed by atoms with Crippen molar-refractivity contribution in [1.29, 1.82) is 0 Å². The monoisotopic (exact) mass is 229 g/mol. The number of carbonyl (C=O) groups excluding carboxylic acids is 1. The molecule has 3 N–H and O–H groups in total. The standard InChI is InChI=1S/C12H11N3O2/c13-12(17)9-3-1-8(2-4-9)5-10-6-15-11(16)7-14-10/h1-4,6-7H,5H2,(H2,13,17)(H,15,16). The molecular formula is C12H11N3O2. The molecule has 0 bridgehead atoms. The predicted molar refractivity (Wildman–Crippen MR) is 62.6 cm³/mol. The topological polar surface area (TPSA) is 88.8 Å². The zero-order valence-electron chi connectivity index (χ0n) is 9.01. The quantitative estimate of drug-likeness (QED) is 0.801. The largest absolute Gasteiger partial charge is 0.366 e. The number of rotatable bonds is 3. The van der Waals surface area contributed by atoms with Crippen molar-refractivity contribution in [3.63, 3.8) is 0 Å². The van der Waals surface area contributed by atoms with E-state index in [-0.39, 0.29) is 5.56 Å². The molecule has 0 spiro atoms. The zero-order chi connectivity index (χ0) is 12.3. The van der Waals surface area contributed by atoms with Gasteiger partial charge >= 0.3 is 0 Å². The number of nitrogens with two attached hydrogens (primary N) is 1. The molecule has 0 saturated carbocycles. The Morgan fingerprint density at radius 3 is 2.53 bits per heavy atom. The highest BCUT2D eigenvalue weighted by molar-refractivity contribution is 5.92. The molecule has 1 aromatic heterocycles. The first-order chi connectivity index (χ1) is 8.15. The van der Waals surface area contributed by atoms with Gasteiger partial charge in [-0.2, -0.15) is 0 Å². The molecular weight excluding hydrogens is 218 g/mol. The third kappa shape index (κ3) is 2.78. The van der Waals surface area contributed by atoms with Crippen LogP contribution < -0.4 is 11.3 Å². The van der Waals surface area contributed by atoms with E-state index >= 15 is 0 Å². The van der Waals surface area contributed by atoms with Gasteiger partial charge < -0.3 is 10.7 Å². The Morgan fingerprint density at radius 1 is 1.29 bits per heavy atom. The first kappa shape index (κ1) is 11.1. The van der Waals surface area contributed by atoms with Crippen LogP contribution in [0.1, 0.15) is 21.6 Å². The smallest absolute Gasteiger partial charge is 0.266 e. The van der Waals surface area contributed by atoms with Gasteiger partial charge in [0.05, 0.1) is 11.9 Å². The van der Waals surface area contributed by atoms with Gasteiger partial charge in [-0.25, -0.2) is 0 Å². The first-order valence-corrected chi connectivity index (χ1v) is 5.07. The van der Waals surface area contributed by atoms with E-state index in [1.54, 1.807) is 18.3 Å². The molecule has 1 heterocycles. The molecule has 1 aromatic carbocycles. The molecule has 5 nitrogen and oxygen atoms in total. The highest BCUT2D eigenvalue weighted by Gasteiger charge is 2.01. The molecule has 1 amide bonds. The maximum absolute atomic E-state index is 10.9. The van der Waals surface area contributed by atoms with Crippen LogP contribution in [0.15, 0.2) is 41.5 Å². The Hall–Kier alpha value is -2.43. The normalized spacial score (nSPS) is 10.1. The number of benzene rings is 1. The Bertz CT molecular complexity index is 567. The van der Waals surface area contributed by atoms with Crippen molar-refractivity contribution in [2.45, 2.75) is 6.42 Å². The number of nitrogens with one attached hydrogen (secondary N) is 1. The van der Waals surface area contributed by atoms with Crippen LogP contribution in [0, 0.1) is 0 Å². The summed E-state index contributed by atoms with van der Waals surface area (Å²) in [5, 5.41) is 0. The van der Waals surface area contributed by atoms with E-state index in [0.717, 1.165) is 11.3 Å². The number of nitrogens with zero attached hydrogens (tertiary/aromatic N) is 1. The van der Waals surface area contributed by atoms with Gasteiger partial charge in [-0.15, -0.1) is 0 Å². The first-order valence-electron chi connectivity index (χ1n) is 5.07. The number of H-pyrrole nitrogens is 1. The summed E-state index contributed by atoms with van der Waals surface area (Å²) < 4.78 is 0. The van der Waals surface area contributed by atoms with Gasteiger partial charge in [0.1, 0.15) is 0 Å². The van der Waals surface area contributed by atoms with Gasteiger partial charge in [-0.1, -0.05) is 12.1 Å². The van der Waals surface area contributed by atoms with Crippen LogP contribution in [0.4, 0.5) is 0 Å². The van der Waals surface area contributed by atoms with E-state index < -0.39 is 5.91 Å². The maximum atomic E-state index is 10.9. The Morgan fingerprint density at radius 2 is 2.00 bits per heavy atom. The summed E-state index contributed by atoms with van der Waals surface area (Å²) in [6.45, 7) is 0. The van der Waals surface area contributed by atoms with E-state index in [4.69, 9.17) is 5.73 Å². The second-order valence-corrected chi connectivity index (χ2v) is 3.64. The van der Waals surface area contributed by atoms with Crippen LogP contribution in [0.25, 0.3) is 0 Å². The van der Waals surface area contributed by atoms with Crippen LogP contribution in [0.3, 0.4) is 0 Å². The molecule has 86 valence electrons. The molecule has 2 rings (SSSR count). The second kappa shape index (κ2) is 4.61. The van der Waals surface area contributed by atoms with Gasteiger partial charge in [-0.05, 0) is 17.7 Å². The highest BCUT2D eigenvalue weighted by atomic mass is 16.1. The summed E-state index contributed by atoms with van der Waals surface area (Å²) in [6.07, 6.45) is 3.41. The molecule has 0 radical (unpaired) electrons. The number of aromatic nitrogens is 2. The summed E-state index contributed by atoms with van der Waals surface area (Å²) in [5.74, 6) is -0.446. The van der Waals surface area contributed by atoms with E-state index in [1.165, 1.54) is 6.20 Å². The molecule has 0 aliphatic carbocycles. The lowest BCUT2D eigenvalue weighted by Crippen LogP contribution is -2.10. The zero-order valence-corrected chi connectivity index (χ0v) is 9.01. The molecule has 0 aliphatic rings. The lowest BCUT2D eigenvalue weighted by atomic mass is 10.1. The second-order valence-electron chi connectivity index (χ2n) is 3.64. The number of carbonyl (C=O) groups is 1. The van der Waals surface area contributed by atoms with Crippen LogP contribution in [-0.2, 0) is 6.42 Å². The van der Waals surface area contributed by atoms with E-state index in [0.29, 0.717) is 12.0 Å². The number of aromatic amines is 1. The van der Waals surface area contributed by atoms with Gasteiger partial charge in [0.15, 0.2) is 0 Å². The van der Waals surface area contributed by atoms with Crippen molar-refractivity contribution >= 4 is 5.91 Å². The van der Waals surface area contributed by atoms with Crippen molar-refractivity contribution in [1.82, 2.24) is 9.97 Å². The van der Waals surface area contributed by atoms with Crippen LogP contribution >= 0.6 is 0 Å². The lowest BCUT2D eigenvalue weighted by Gasteiger charge is -2.01. The number of amides is 1. The summed E-state index contributed by atoms with van der Waals surface area (Å²) in [6, 6.07) is 6.96. The van der Waals surface area contributed by atoms with Crippen molar-refractivity contribution < 1.29 is 4.79 Å². The number of hydrogen-bond acceptors (Lipinski definition) is 3. The average molecular weight is 229 g/mol. The summed E-state index contributed by atoms with van der Waals surface area (Å²) >= 11 is 0. The van der Waals surface area contributed by atoms with E-state index in [1.807, 2.05) is 12.1 Å². The van der Waals surface area contributed by atoms with Crippen LogP contribution in [-0.4, -0.2) is 15.9 Å². The summed E-state index contributed by atoms with van der Waals surface area (Å²) in [5.41, 5.74) is 7.15. The third-order valence-electron chi connectivity index (χ3n) is 2.35. The number of primary amides is 1. The van der Waals surface area contributed by atoms with Gasteiger partial charge in [0, 0.05) is 18.2 Å². The average Bonchev–Trinajstić information content (AvgIpc) is 2.33. The Balaban J connectivity index is 2.16. The minimum atomic E-state index is -0.446. The van der Waals surface area contributed by atoms with Crippen molar-refractivity contribution in [3.8, 4) is 0 Å². The van der Waals surface area contributed by atoms with E-state index in [9.17, 15) is 9.59 Å². The molecule has 0 saturated heterocycles. The molecule has 0 fully saturated rings.